The lowest BCUT2D eigenvalue weighted by molar-refractivity contribution is 0.486. The van der Waals surface area contributed by atoms with Gasteiger partial charge in [-0.05, 0) is 52.0 Å². The van der Waals surface area contributed by atoms with Crippen LogP contribution in [0.5, 0.6) is 11.5 Å². The van der Waals surface area contributed by atoms with Gasteiger partial charge in [-0.1, -0.05) is 58.5 Å². The first-order valence-corrected chi connectivity index (χ1v) is 11.0. The maximum Gasteiger partial charge on any atom is 0.152 e. The van der Waals surface area contributed by atoms with Gasteiger partial charge in [-0.15, -0.1) is 0 Å². The van der Waals surface area contributed by atoms with Crippen molar-refractivity contribution in [2.45, 2.75) is 49.7 Å². The van der Waals surface area contributed by atoms with Crippen molar-refractivity contribution in [3.8, 4) is 11.5 Å². The van der Waals surface area contributed by atoms with Crippen LogP contribution in [0, 0.1) is 0 Å². The fourth-order valence-corrected chi connectivity index (χ4v) is 3.17. The highest BCUT2D eigenvalue weighted by Gasteiger charge is 2.17. The molecule has 0 amide bonds. The number of benzene rings is 2. The van der Waals surface area contributed by atoms with Crippen LogP contribution in [0.3, 0.4) is 0 Å². The van der Waals surface area contributed by atoms with E-state index in [1.807, 2.05) is 64.1 Å². The number of alkyl halides is 4. The average Bonchev–Trinajstić information content (AvgIpc) is 2.58. The maximum absolute atomic E-state index is 6.28. The monoisotopic (exact) mass is 478 g/mol. The average molecular weight is 480 g/mol. The molecule has 4 atom stereocenters. The molecule has 2 rings (SSSR count). The smallest absolute Gasteiger partial charge is 0.152 e. The number of ether oxygens (including phenoxy) is 1. The lowest BCUT2D eigenvalue weighted by Crippen LogP contribution is -2.15. The third-order valence-corrected chi connectivity index (χ3v) is 4.10. The highest BCUT2D eigenvalue weighted by Crippen LogP contribution is 2.42. The van der Waals surface area contributed by atoms with Gasteiger partial charge in [0.1, 0.15) is 11.4 Å². The summed E-state index contributed by atoms with van der Waals surface area (Å²) < 4.78 is 6.28. The molecule has 0 heterocycles. The predicted octanol–water partition coefficient (Wildman–Crippen LogP) is 7.47. The molecule has 4 N–H and O–H groups in total. The molecule has 5 nitrogen and oxygen atoms in total. The van der Waals surface area contributed by atoms with E-state index in [2.05, 4.69) is 21.3 Å². The quantitative estimate of drug-likeness (QED) is 0.210. The van der Waals surface area contributed by atoms with E-state index in [0.717, 1.165) is 11.4 Å². The Balaban J connectivity index is 2.49. The molecule has 9 heteroatoms. The Labute approximate surface area is 192 Å². The minimum absolute atomic E-state index is 0.275. The molecule has 29 heavy (non-hydrogen) atoms. The molecular weight excluding hydrogens is 454 g/mol. The van der Waals surface area contributed by atoms with E-state index in [1.54, 1.807) is 0 Å². The van der Waals surface area contributed by atoms with Gasteiger partial charge >= 0.3 is 0 Å². The summed E-state index contributed by atoms with van der Waals surface area (Å²) in [5.41, 5.74) is 1.77. The number of nitrogens with one attached hydrogen (secondary N) is 4. The molecule has 0 aliphatic rings. The van der Waals surface area contributed by atoms with Gasteiger partial charge in [-0.3, -0.25) is 0 Å². The SMILES string of the molecule is CC(Cl)Nc1cccc(Oc2cccc(NC(C)Cl)c2NC(C)Cl)c1NC(C)Cl. The first-order chi connectivity index (χ1) is 13.7. The van der Waals surface area contributed by atoms with Gasteiger partial charge in [0.2, 0.25) is 0 Å². The molecule has 0 radical (unpaired) electrons. The van der Waals surface area contributed by atoms with Crippen LogP contribution in [0.4, 0.5) is 22.7 Å². The Hall–Kier alpha value is -1.40. The summed E-state index contributed by atoms with van der Waals surface area (Å²) >= 11 is 24.6. The molecule has 0 aliphatic heterocycles. The molecule has 4 unspecified atom stereocenters. The normalized spacial score (nSPS) is 15.0. The van der Waals surface area contributed by atoms with Crippen molar-refractivity contribution < 1.29 is 4.74 Å². The van der Waals surface area contributed by atoms with Crippen LogP contribution < -0.4 is 26.0 Å². The summed E-state index contributed by atoms with van der Waals surface area (Å²) in [7, 11) is 0. The van der Waals surface area contributed by atoms with Gasteiger partial charge in [0.05, 0.1) is 33.4 Å². The number of hydrogen-bond donors (Lipinski definition) is 4. The fraction of sp³-hybridized carbons (Fsp3) is 0.400. The Morgan fingerprint density at radius 1 is 0.586 bits per heavy atom. The molecule has 0 aromatic heterocycles. The van der Waals surface area contributed by atoms with Gasteiger partial charge in [0.15, 0.2) is 11.5 Å². The molecule has 160 valence electrons. The van der Waals surface area contributed by atoms with Crippen molar-refractivity contribution in [1.29, 1.82) is 0 Å². The van der Waals surface area contributed by atoms with Crippen molar-refractivity contribution >= 4 is 69.2 Å². The van der Waals surface area contributed by atoms with Crippen molar-refractivity contribution in [1.82, 2.24) is 0 Å². The first-order valence-electron chi connectivity index (χ1n) is 9.23. The molecule has 2 aromatic rings. The van der Waals surface area contributed by atoms with Crippen LogP contribution in [-0.4, -0.2) is 22.0 Å². The lowest BCUT2D eigenvalue weighted by atomic mass is 10.2. The zero-order chi connectivity index (χ0) is 21.6. The molecule has 0 saturated heterocycles. The Morgan fingerprint density at radius 3 is 1.24 bits per heavy atom. The Kier molecular flexibility index (Phi) is 9.15. The second kappa shape index (κ2) is 11.1. The van der Waals surface area contributed by atoms with Crippen LogP contribution in [0.1, 0.15) is 27.7 Å². The molecule has 0 bridgehead atoms. The zero-order valence-corrected chi connectivity index (χ0v) is 19.7. The number of halogens is 4. The van der Waals surface area contributed by atoms with Crippen LogP contribution in [0.15, 0.2) is 36.4 Å². The summed E-state index contributed by atoms with van der Waals surface area (Å²) in [5.74, 6) is 1.17. The minimum atomic E-state index is -0.323. The zero-order valence-electron chi connectivity index (χ0n) is 16.7. The van der Waals surface area contributed by atoms with E-state index in [9.17, 15) is 0 Å². The molecule has 0 spiro atoms. The van der Waals surface area contributed by atoms with Crippen LogP contribution >= 0.6 is 46.4 Å². The molecule has 0 aliphatic carbocycles. The summed E-state index contributed by atoms with van der Waals surface area (Å²) in [4.78, 5) is 0. The van der Waals surface area contributed by atoms with Crippen LogP contribution in [0.25, 0.3) is 0 Å². The van der Waals surface area contributed by atoms with Crippen molar-refractivity contribution in [2.75, 3.05) is 21.3 Å². The third kappa shape index (κ3) is 7.41. The van der Waals surface area contributed by atoms with Crippen molar-refractivity contribution in [2.24, 2.45) is 0 Å². The standard InChI is InChI=1S/C20H26Cl4N4O/c1-11(21)25-15-7-5-9-17(19(15)27-13(3)23)29-18-10-6-8-16(26-12(2)22)20(18)28-14(4)24/h5-14,25-28H,1-4H3. The summed E-state index contributed by atoms with van der Waals surface area (Å²) in [6, 6.07) is 11.3. The van der Waals surface area contributed by atoms with E-state index < -0.39 is 0 Å². The van der Waals surface area contributed by atoms with Gasteiger partial charge in [-0.2, -0.15) is 0 Å². The number of hydrogen-bond acceptors (Lipinski definition) is 5. The summed E-state index contributed by atoms with van der Waals surface area (Å²) in [6.07, 6.45) is 0. The largest absolute Gasteiger partial charge is 0.453 e. The fourth-order valence-electron chi connectivity index (χ4n) is 2.72. The minimum Gasteiger partial charge on any atom is -0.453 e. The van der Waals surface area contributed by atoms with Gasteiger partial charge in [0, 0.05) is 0 Å². The number of para-hydroxylation sites is 2. The lowest BCUT2D eigenvalue weighted by Gasteiger charge is -2.23. The van der Waals surface area contributed by atoms with Crippen molar-refractivity contribution in [3.05, 3.63) is 36.4 Å². The molecule has 2 aromatic carbocycles. The maximum atomic E-state index is 6.28. The van der Waals surface area contributed by atoms with E-state index in [1.165, 1.54) is 0 Å². The highest BCUT2D eigenvalue weighted by atomic mass is 35.5. The summed E-state index contributed by atoms with van der Waals surface area (Å²) in [5, 5.41) is 12.8. The van der Waals surface area contributed by atoms with E-state index >= 15 is 0 Å². The second-order valence-electron chi connectivity index (χ2n) is 6.50. The van der Waals surface area contributed by atoms with E-state index in [0.29, 0.717) is 22.9 Å². The Morgan fingerprint density at radius 2 is 0.931 bits per heavy atom. The predicted molar refractivity (Wildman–Crippen MR) is 129 cm³/mol. The van der Waals surface area contributed by atoms with Crippen LogP contribution in [-0.2, 0) is 0 Å². The van der Waals surface area contributed by atoms with Gasteiger partial charge in [-0.25, -0.2) is 0 Å². The van der Waals surface area contributed by atoms with Crippen LogP contribution in [0.2, 0.25) is 0 Å². The highest BCUT2D eigenvalue weighted by molar-refractivity contribution is 6.23. The topological polar surface area (TPSA) is 57.4 Å². The first kappa shape index (κ1) is 23.9. The molecule has 0 fully saturated rings. The second-order valence-corrected chi connectivity index (χ2v) is 9.12. The van der Waals surface area contributed by atoms with Gasteiger partial charge < -0.3 is 26.0 Å². The van der Waals surface area contributed by atoms with Crippen molar-refractivity contribution in [3.63, 3.8) is 0 Å². The third-order valence-electron chi connectivity index (χ3n) is 3.67. The van der Waals surface area contributed by atoms with Gasteiger partial charge in [0.25, 0.3) is 0 Å². The molecular formula is C20H26Cl4N4O. The van der Waals surface area contributed by atoms with E-state index in [4.69, 9.17) is 51.1 Å². The molecule has 0 saturated carbocycles. The Bertz CT molecular complexity index is 735. The number of rotatable bonds is 10. The van der Waals surface area contributed by atoms with E-state index in [-0.39, 0.29) is 22.0 Å². The summed E-state index contributed by atoms with van der Waals surface area (Å²) in [6.45, 7) is 7.35. The number of anilines is 4.